The second kappa shape index (κ2) is 5.71. The summed E-state index contributed by atoms with van der Waals surface area (Å²) in [6.07, 6.45) is 11.7. The van der Waals surface area contributed by atoms with Crippen molar-refractivity contribution in [3.8, 4) is 0 Å². The fraction of sp³-hybridized carbons (Fsp3) is 0.800. The quantitative estimate of drug-likeness (QED) is 0.323. The number of hydrogen-bond donors (Lipinski definition) is 2. The standard InChI is InChI=1S/C20H30N2OSe/c1-19-9-7-13(24-18(21)22)11-12(19)3-4-14-15-5-6-17(23)20(15,2)10-8-16(14)19/h3,13-16H,4-11H2,1-2H3,(H3,21,22). The van der Waals surface area contributed by atoms with Crippen LogP contribution < -0.4 is 5.73 Å². The molecule has 3 saturated carbocycles. The van der Waals surface area contributed by atoms with Crippen molar-refractivity contribution in [2.45, 2.75) is 70.0 Å². The third-order valence-corrected chi connectivity index (χ3v) is 10.1. The third-order valence-electron chi connectivity index (χ3n) is 8.06. The van der Waals surface area contributed by atoms with E-state index in [9.17, 15) is 4.79 Å². The predicted molar refractivity (Wildman–Crippen MR) is 98.1 cm³/mol. The summed E-state index contributed by atoms with van der Waals surface area (Å²) in [6, 6.07) is 0. The van der Waals surface area contributed by atoms with Crippen molar-refractivity contribution < 1.29 is 4.79 Å². The molecule has 0 heterocycles. The number of hydrogen-bond acceptors (Lipinski definition) is 2. The molecule has 132 valence electrons. The number of Topliss-reactive ketones (excluding diaryl/α,β-unsaturated/α-hetero) is 1. The molecule has 3 N–H and O–H groups in total. The van der Waals surface area contributed by atoms with Crippen molar-refractivity contribution in [3.05, 3.63) is 11.6 Å². The molecule has 0 radical (unpaired) electrons. The van der Waals surface area contributed by atoms with Crippen LogP contribution in [0.15, 0.2) is 11.6 Å². The van der Waals surface area contributed by atoms with Crippen LogP contribution in [-0.2, 0) is 4.79 Å². The molecule has 0 aromatic carbocycles. The Hall–Kier alpha value is -0.601. The number of carbonyl (C=O) groups is 1. The SMILES string of the molecule is CC12CCC3C(CC=C4CC([Se]C(=N)N)CCC43C)C1CCC2=O. The van der Waals surface area contributed by atoms with Gasteiger partial charge in [0.2, 0.25) is 0 Å². The van der Waals surface area contributed by atoms with Crippen molar-refractivity contribution in [1.29, 1.82) is 5.41 Å². The molecule has 0 saturated heterocycles. The van der Waals surface area contributed by atoms with E-state index < -0.39 is 0 Å². The molecule has 6 atom stereocenters. The van der Waals surface area contributed by atoms with Crippen LogP contribution in [-0.4, -0.2) is 25.5 Å². The van der Waals surface area contributed by atoms with Crippen molar-refractivity contribution in [2.75, 3.05) is 0 Å². The Morgan fingerprint density at radius 2 is 1.92 bits per heavy atom. The van der Waals surface area contributed by atoms with Gasteiger partial charge in [0.25, 0.3) is 0 Å². The number of ketones is 1. The van der Waals surface area contributed by atoms with Crippen LogP contribution in [0.4, 0.5) is 0 Å². The van der Waals surface area contributed by atoms with E-state index >= 15 is 0 Å². The zero-order chi connectivity index (χ0) is 17.1. The fourth-order valence-electron chi connectivity index (χ4n) is 6.68. The first-order valence-electron chi connectivity index (χ1n) is 9.58. The molecule has 4 aliphatic rings. The fourth-order valence-corrected chi connectivity index (χ4v) is 8.48. The predicted octanol–water partition coefficient (Wildman–Crippen LogP) is 3.90. The van der Waals surface area contributed by atoms with Gasteiger partial charge in [-0.2, -0.15) is 0 Å². The molecule has 0 spiro atoms. The molecule has 3 nitrogen and oxygen atoms in total. The molecule has 4 heteroatoms. The summed E-state index contributed by atoms with van der Waals surface area (Å²) >= 11 is 0.169. The van der Waals surface area contributed by atoms with Crippen LogP contribution in [0.2, 0.25) is 4.82 Å². The second-order valence-electron chi connectivity index (χ2n) is 9.02. The van der Waals surface area contributed by atoms with Gasteiger partial charge < -0.3 is 0 Å². The van der Waals surface area contributed by atoms with E-state index in [2.05, 4.69) is 19.9 Å². The summed E-state index contributed by atoms with van der Waals surface area (Å²) < 4.78 is 0.406. The topological polar surface area (TPSA) is 66.9 Å². The summed E-state index contributed by atoms with van der Waals surface area (Å²) in [5, 5.41) is 7.63. The van der Waals surface area contributed by atoms with E-state index in [0.29, 0.717) is 26.7 Å². The Kier molecular flexibility index (Phi) is 4.01. The van der Waals surface area contributed by atoms with Crippen LogP contribution in [0.3, 0.4) is 0 Å². The van der Waals surface area contributed by atoms with Crippen molar-refractivity contribution in [2.24, 2.45) is 34.3 Å². The Morgan fingerprint density at radius 3 is 2.67 bits per heavy atom. The Balaban J connectivity index is 1.60. The number of rotatable bonds is 2. The number of nitrogens with two attached hydrogens (primary N) is 1. The van der Waals surface area contributed by atoms with Gasteiger partial charge >= 0.3 is 152 Å². The van der Waals surface area contributed by atoms with Crippen molar-refractivity contribution in [3.63, 3.8) is 0 Å². The third kappa shape index (κ3) is 2.36. The summed E-state index contributed by atoms with van der Waals surface area (Å²) in [4.78, 5) is 13.1. The van der Waals surface area contributed by atoms with Crippen LogP contribution in [0.5, 0.6) is 0 Å². The van der Waals surface area contributed by atoms with E-state index in [-0.39, 0.29) is 20.4 Å². The molecule has 24 heavy (non-hydrogen) atoms. The first-order chi connectivity index (χ1) is 11.3. The van der Waals surface area contributed by atoms with Gasteiger partial charge in [0.05, 0.1) is 0 Å². The van der Waals surface area contributed by atoms with Gasteiger partial charge in [-0.25, -0.2) is 0 Å². The van der Waals surface area contributed by atoms with Gasteiger partial charge in [-0.15, -0.1) is 0 Å². The second-order valence-corrected chi connectivity index (χ2v) is 11.8. The molecular weight excluding hydrogens is 363 g/mol. The number of carbonyl (C=O) groups excluding carboxylic acids is 1. The van der Waals surface area contributed by atoms with E-state index in [4.69, 9.17) is 11.1 Å². The monoisotopic (exact) mass is 394 g/mol. The van der Waals surface area contributed by atoms with E-state index in [1.165, 1.54) is 32.1 Å². The van der Waals surface area contributed by atoms with Crippen LogP contribution in [0, 0.1) is 34.0 Å². The maximum absolute atomic E-state index is 12.5. The minimum atomic E-state index is -0.0161. The van der Waals surface area contributed by atoms with Gasteiger partial charge in [-0.05, 0) is 0 Å². The summed E-state index contributed by atoms with van der Waals surface area (Å²) in [7, 11) is 0. The molecule has 4 rings (SSSR count). The zero-order valence-electron chi connectivity index (χ0n) is 14.9. The molecule has 0 amide bonds. The van der Waals surface area contributed by atoms with Gasteiger partial charge in [0.1, 0.15) is 0 Å². The first kappa shape index (κ1) is 16.8. The van der Waals surface area contributed by atoms with Gasteiger partial charge in [0, 0.05) is 0 Å². The normalized spacial score (nSPS) is 47.4. The molecule has 0 bridgehead atoms. The Bertz CT molecular complexity index is 615. The van der Waals surface area contributed by atoms with E-state index in [0.717, 1.165) is 31.1 Å². The molecule has 0 aromatic rings. The molecule has 4 aliphatic carbocycles. The van der Waals surface area contributed by atoms with Crippen molar-refractivity contribution >= 4 is 25.5 Å². The average Bonchev–Trinajstić information content (AvgIpc) is 2.83. The van der Waals surface area contributed by atoms with Crippen molar-refractivity contribution in [1.82, 2.24) is 0 Å². The summed E-state index contributed by atoms with van der Waals surface area (Å²) in [5.74, 6) is 2.65. The molecule has 0 aromatic heterocycles. The number of allylic oxidation sites excluding steroid dienone is 2. The summed E-state index contributed by atoms with van der Waals surface area (Å²) in [6.45, 7) is 4.77. The average molecular weight is 393 g/mol. The summed E-state index contributed by atoms with van der Waals surface area (Å²) in [5.41, 5.74) is 7.67. The minimum absolute atomic E-state index is 0.0161. The Labute approximate surface area is 151 Å². The number of fused-ring (bicyclic) bond motifs is 5. The zero-order valence-corrected chi connectivity index (χ0v) is 16.7. The van der Waals surface area contributed by atoms with Crippen LogP contribution in [0.1, 0.15) is 65.2 Å². The molecule has 0 aliphatic heterocycles. The van der Waals surface area contributed by atoms with Gasteiger partial charge in [-0.1, -0.05) is 0 Å². The van der Waals surface area contributed by atoms with Gasteiger partial charge in [-0.3, -0.25) is 0 Å². The van der Waals surface area contributed by atoms with E-state index in [1.54, 1.807) is 5.57 Å². The molecule has 3 fully saturated rings. The Morgan fingerprint density at radius 1 is 1.21 bits per heavy atom. The maximum atomic E-state index is 12.5. The molecular formula is C20H30N2OSe. The number of amidine groups is 1. The van der Waals surface area contributed by atoms with Crippen LogP contribution >= 0.6 is 0 Å². The number of nitrogens with one attached hydrogen (secondary N) is 1. The van der Waals surface area contributed by atoms with Gasteiger partial charge in [0.15, 0.2) is 0 Å². The van der Waals surface area contributed by atoms with E-state index in [1.807, 2.05) is 0 Å². The first-order valence-corrected chi connectivity index (χ1v) is 11.4. The molecule has 6 unspecified atom stereocenters. The van der Waals surface area contributed by atoms with Crippen LogP contribution in [0.25, 0.3) is 0 Å².